The molecule has 2 aromatic carbocycles. The van der Waals surface area contributed by atoms with Gasteiger partial charge < -0.3 is 35.5 Å². The molecule has 1 aliphatic heterocycles. The van der Waals surface area contributed by atoms with Crippen LogP contribution in [0, 0.1) is 0 Å². The van der Waals surface area contributed by atoms with Crippen LogP contribution in [0.15, 0.2) is 53.3 Å². The lowest BCUT2D eigenvalue weighted by Gasteiger charge is -2.40. The number of nitrogens with one attached hydrogen (secondary N) is 2. The third kappa shape index (κ3) is 4.33. The maximum Gasteiger partial charge on any atom is 0.417 e. The molecule has 8 nitrogen and oxygen atoms in total. The molecule has 0 bridgehead atoms. The van der Waals surface area contributed by atoms with Crippen molar-refractivity contribution in [2.24, 2.45) is 0 Å². The van der Waals surface area contributed by atoms with Gasteiger partial charge in [-0.05, 0) is 17.7 Å². The third-order valence-electron chi connectivity index (χ3n) is 5.59. The van der Waals surface area contributed by atoms with E-state index in [2.05, 4.69) is 10.3 Å². The van der Waals surface area contributed by atoms with Gasteiger partial charge in [-0.25, -0.2) is 0 Å². The summed E-state index contributed by atoms with van der Waals surface area (Å²) in [5, 5.41) is 42.0. The van der Waals surface area contributed by atoms with Crippen molar-refractivity contribution in [2.75, 3.05) is 11.9 Å². The van der Waals surface area contributed by atoms with Crippen LogP contribution in [0.25, 0.3) is 22.0 Å². The number of rotatable bonds is 4. The summed E-state index contributed by atoms with van der Waals surface area (Å²) in [4.78, 5) is 15.1. The minimum atomic E-state index is -4.82. The maximum absolute atomic E-state index is 14.0. The molecule has 176 valence electrons. The SMILES string of the molecule is O=c1[nH]c2cc(NC3C(O)OC(CO)[C@@H](O)C3O)ccc2c(C(F)(F)F)c1-c1ccccc1. The number of pyridine rings is 1. The number of H-pyrrole nitrogens is 1. The molecule has 0 saturated carbocycles. The number of ether oxygens (including phenoxy) is 1. The monoisotopic (exact) mass is 466 g/mol. The van der Waals surface area contributed by atoms with E-state index < -0.39 is 60.1 Å². The van der Waals surface area contributed by atoms with E-state index in [1.807, 2.05) is 0 Å². The number of aromatic amines is 1. The number of benzene rings is 2. The van der Waals surface area contributed by atoms with Gasteiger partial charge in [0.15, 0.2) is 6.29 Å². The molecule has 1 saturated heterocycles. The molecule has 1 aromatic heterocycles. The molecule has 11 heteroatoms. The second-order valence-corrected chi connectivity index (χ2v) is 7.73. The van der Waals surface area contributed by atoms with E-state index in [0.29, 0.717) is 0 Å². The largest absolute Gasteiger partial charge is 0.417 e. The fraction of sp³-hybridized carbons (Fsp3) is 0.318. The fourth-order valence-electron chi connectivity index (χ4n) is 4.01. The Hall–Kier alpha value is -2.96. The van der Waals surface area contributed by atoms with Gasteiger partial charge in [0, 0.05) is 11.1 Å². The van der Waals surface area contributed by atoms with E-state index in [4.69, 9.17) is 9.84 Å². The molecule has 1 aliphatic rings. The zero-order chi connectivity index (χ0) is 23.9. The van der Waals surface area contributed by atoms with E-state index in [1.54, 1.807) is 6.07 Å². The Bertz CT molecular complexity index is 1200. The molecule has 0 radical (unpaired) electrons. The smallest absolute Gasteiger partial charge is 0.394 e. The Kier molecular flexibility index (Phi) is 6.16. The van der Waals surface area contributed by atoms with Crippen molar-refractivity contribution in [3.8, 4) is 11.1 Å². The van der Waals surface area contributed by atoms with Gasteiger partial charge in [-0.15, -0.1) is 0 Å². The highest BCUT2D eigenvalue weighted by atomic mass is 19.4. The van der Waals surface area contributed by atoms with E-state index in [-0.39, 0.29) is 22.2 Å². The highest BCUT2D eigenvalue weighted by Crippen LogP contribution is 2.40. The summed E-state index contributed by atoms with van der Waals surface area (Å²) in [5.41, 5.74) is -2.36. The summed E-state index contributed by atoms with van der Waals surface area (Å²) in [6.45, 7) is -0.636. The number of aromatic nitrogens is 1. The van der Waals surface area contributed by atoms with Crippen LogP contribution in [0.1, 0.15) is 5.56 Å². The average molecular weight is 466 g/mol. The molecule has 4 rings (SSSR count). The van der Waals surface area contributed by atoms with Crippen LogP contribution >= 0.6 is 0 Å². The van der Waals surface area contributed by atoms with E-state index in [1.165, 1.54) is 36.4 Å². The second kappa shape index (κ2) is 8.76. The molecule has 2 heterocycles. The van der Waals surface area contributed by atoms with Crippen molar-refractivity contribution in [3.63, 3.8) is 0 Å². The summed E-state index contributed by atoms with van der Waals surface area (Å²) in [6.07, 6.45) is -10.7. The first kappa shape index (κ1) is 23.2. The van der Waals surface area contributed by atoms with E-state index in [0.717, 1.165) is 6.07 Å². The Morgan fingerprint density at radius 1 is 1.03 bits per heavy atom. The topological polar surface area (TPSA) is 135 Å². The molecule has 5 atom stereocenters. The van der Waals surface area contributed by atoms with Gasteiger partial charge in [-0.3, -0.25) is 4.79 Å². The molecule has 0 aliphatic carbocycles. The number of halogens is 3. The number of hydrogen-bond acceptors (Lipinski definition) is 7. The molecule has 0 spiro atoms. The first-order valence-electron chi connectivity index (χ1n) is 10.0. The molecular weight excluding hydrogens is 445 g/mol. The molecule has 4 unspecified atom stereocenters. The van der Waals surface area contributed by atoms with Gasteiger partial charge in [0.05, 0.1) is 23.3 Å². The molecule has 6 N–H and O–H groups in total. The van der Waals surface area contributed by atoms with Gasteiger partial charge in [0.1, 0.15) is 24.4 Å². The van der Waals surface area contributed by atoms with Gasteiger partial charge in [0.2, 0.25) is 0 Å². The first-order valence-corrected chi connectivity index (χ1v) is 10.0. The molecule has 0 amide bonds. The molecular formula is C22H21F3N2O6. The van der Waals surface area contributed by atoms with Crippen molar-refractivity contribution in [2.45, 2.75) is 36.8 Å². The molecule has 33 heavy (non-hydrogen) atoms. The van der Waals surface area contributed by atoms with E-state index >= 15 is 0 Å². The number of aliphatic hydroxyl groups is 4. The summed E-state index contributed by atoms with van der Waals surface area (Å²) < 4.78 is 47.2. The summed E-state index contributed by atoms with van der Waals surface area (Å²) >= 11 is 0. The van der Waals surface area contributed by atoms with Gasteiger partial charge in [-0.1, -0.05) is 36.4 Å². The summed E-state index contributed by atoms with van der Waals surface area (Å²) in [6, 6.07) is 9.95. The highest BCUT2D eigenvalue weighted by molar-refractivity contribution is 5.91. The average Bonchev–Trinajstić information content (AvgIpc) is 2.78. The van der Waals surface area contributed by atoms with Crippen LogP contribution in [0.4, 0.5) is 18.9 Å². The Balaban J connectivity index is 1.77. The van der Waals surface area contributed by atoms with Crippen LogP contribution in [-0.4, -0.2) is 62.7 Å². The van der Waals surface area contributed by atoms with Crippen molar-refractivity contribution in [1.29, 1.82) is 0 Å². The Morgan fingerprint density at radius 2 is 1.73 bits per heavy atom. The van der Waals surface area contributed by atoms with Crippen LogP contribution in [0.3, 0.4) is 0 Å². The van der Waals surface area contributed by atoms with Crippen LogP contribution in [-0.2, 0) is 10.9 Å². The van der Waals surface area contributed by atoms with Crippen molar-refractivity contribution < 1.29 is 38.3 Å². The third-order valence-corrected chi connectivity index (χ3v) is 5.59. The predicted octanol–water partition coefficient (Wildman–Crippen LogP) is 1.43. The Labute approximate surface area is 184 Å². The lowest BCUT2D eigenvalue weighted by atomic mass is 9.95. The van der Waals surface area contributed by atoms with Gasteiger partial charge in [0.25, 0.3) is 5.56 Å². The van der Waals surface area contributed by atoms with Gasteiger partial charge >= 0.3 is 6.18 Å². The minimum absolute atomic E-state index is 0.119. The summed E-state index contributed by atoms with van der Waals surface area (Å²) in [5.74, 6) is 0. The standard InChI is InChI=1S/C22H21F3N2O6/c23-22(24,25)16-12-7-6-11(26-17-19(30)18(29)14(9-28)33-21(17)32)8-13(12)27-20(31)15(16)10-4-2-1-3-5-10/h1-8,14,17-19,21,26,28-30,32H,9H2,(H,27,31)/t14?,17?,18-,19?,21?/m1/s1. The predicted molar refractivity (Wildman–Crippen MR) is 112 cm³/mol. The van der Waals surface area contributed by atoms with Gasteiger partial charge in [-0.2, -0.15) is 13.2 Å². The number of aliphatic hydroxyl groups excluding tert-OH is 4. The number of anilines is 1. The van der Waals surface area contributed by atoms with Crippen LogP contribution in [0.2, 0.25) is 0 Å². The molecule has 1 fully saturated rings. The number of fused-ring (bicyclic) bond motifs is 1. The van der Waals surface area contributed by atoms with E-state index in [9.17, 15) is 33.3 Å². The number of alkyl halides is 3. The van der Waals surface area contributed by atoms with Crippen LogP contribution in [0.5, 0.6) is 0 Å². The quantitative estimate of drug-likeness (QED) is 0.342. The lowest BCUT2D eigenvalue weighted by Crippen LogP contribution is -2.61. The Morgan fingerprint density at radius 3 is 2.36 bits per heavy atom. The minimum Gasteiger partial charge on any atom is -0.394 e. The maximum atomic E-state index is 14.0. The molecule has 3 aromatic rings. The zero-order valence-electron chi connectivity index (χ0n) is 17.0. The fourth-order valence-corrected chi connectivity index (χ4v) is 4.01. The normalized spacial score (nSPS) is 25.8. The number of hydrogen-bond donors (Lipinski definition) is 6. The highest BCUT2D eigenvalue weighted by Gasteiger charge is 2.44. The summed E-state index contributed by atoms with van der Waals surface area (Å²) in [7, 11) is 0. The first-order chi connectivity index (χ1) is 15.6. The zero-order valence-corrected chi connectivity index (χ0v) is 17.0. The van der Waals surface area contributed by atoms with Crippen molar-refractivity contribution in [1.82, 2.24) is 4.98 Å². The van der Waals surface area contributed by atoms with Crippen molar-refractivity contribution in [3.05, 3.63) is 64.4 Å². The van der Waals surface area contributed by atoms with Crippen molar-refractivity contribution >= 4 is 16.6 Å². The second-order valence-electron chi connectivity index (χ2n) is 7.73. The van der Waals surface area contributed by atoms with Crippen LogP contribution < -0.4 is 10.9 Å². The lowest BCUT2D eigenvalue weighted by molar-refractivity contribution is -0.245.